The number of hydrogen-bond donors (Lipinski definition) is 3. The Bertz CT molecular complexity index is 1380. The van der Waals surface area contributed by atoms with Crippen LogP contribution in [0.1, 0.15) is 31.2 Å². The zero-order valence-electron chi connectivity index (χ0n) is 19.8. The lowest BCUT2D eigenvalue weighted by molar-refractivity contribution is 0.116. The minimum Gasteiger partial charge on any atom is -0.486 e. The highest BCUT2D eigenvalue weighted by Gasteiger charge is 2.19. The molecule has 3 aromatic carbocycles. The molecular weight excluding hydrogens is 494 g/mol. The molecule has 0 saturated heterocycles. The SMILES string of the molecule is O[C@H]1CC[C@H](NCc2ccc(Nc3nsc4c(-c5ccc6c(c5)OCCO6)cccc34)c(Cl)c2)CC1. The maximum atomic E-state index is 9.70. The number of halogens is 1. The first kappa shape index (κ1) is 23.6. The van der Waals surface area contributed by atoms with Crippen LogP contribution < -0.4 is 20.1 Å². The molecule has 8 heteroatoms. The van der Waals surface area contributed by atoms with E-state index < -0.39 is 0 Å². The van der Waals surface area contributed by atoms with Gasteiger partial charge < -0.3 is 25.2 Å². The van der Waals surface area contributed by atoms with Crippen molar-refractivity contribution in [2.75, 3.05) is 18.5 Å². The Kier molecular flexibility index (Phi) is 6.71. The molecular formula is C28H28ClN3O3S. The third kappa shape index (κ3) is 4.89. The molecule has 36 heavy (non-hydrogen) atoms. The summed E-state index contributed by atoms with van der Waals surface area (Å²) < 4.78 is 17.3. The number of hydrogen-bond acceptors (Lipinski definition) is 7. The second-order valence-electron chi connectivity index (χ2n) is 9.40. The number of nitrogens with one attached hydrogen (secondary N) is 2. The maximum Gasteiger partial charge on any atom is 0.161 e. The summed E-state index contributed by atoms with van der Waals surface area (Å²) in [5.41, 5.74) is 4.15. The number of ether oxygens (including phenoxy) is 2. The average molecular weight is 522 g/mol. The lowest BCUT2D eigenvalue weighted by Gasteiger charge is -2.26. The number of aliphatic hydroxyl groups is 1. The van der Waals surface area contributed by atoms with E-state index in [-0.39, 0.29) is 6.10 Å². The van der Waals surface area contributed by atoms with Crippen LogP contribution in [0.4, 0.5) is 11.5 Å². The van der Waals surface area contributed by atoms with Crippen LogP contribution in [0.5, 0.6) is 11.5 Å². The largest absolute Gasteiger partial charge is 0.486 e. The molecule has 6 nitrogen and oxygen atoms in total. The van der Waals surface area contributed by atoms with E-state index in [4.69, 9.17) is 25.4 Å². The van der Waals surface area contributed by atoms with Crippen LogP contribution >= 0.6 is 23.1 Å². The van der Waals surface area contributed by atoms with Gasteiger partial charge in [0.1, 0.15) is 13.2 Å². The summed E-state index contributed by atoms with van der Waals surface area (Å²) >= 11 is 8.13. The Hall–Kier alpha value is -2.84. The van der Waals surface area contributed by atoms with Crippen LogP contribution in [0.2, 0.25) is 5.02 Å². The Balaban J connectivity index is 1.19. The Morgan fingerprint density at radius 1 is 0.972 bits per heavy atom. The molecule has 0 unspecified atom stereocenters. The van der Waals surface area contributed by atoms with Crippen molar-refractivity contribution < 1.29 is 14.6 Å². The molecule has 1 saturated carbocycles. The molecule has 4 aromatic rings. The van der Waals surface area contributed by atoms with Crippen LogP contribution in [0.25, 0.3) is 21.2 Å². The quantitative estimate of drug-likeness (QED) is 0.268. The van der Waals surface area contributed by atoms with Gasteiger partial charge in [-0.05, 0) is 78.7 Å². The molecule has 1 fully saturated rings. The first-order valence-corrected chi connectivity index (χ1v) is 13.5. The van der Waals surface area contributed by atoms with Gasteiger partial charge in [-0.25, -0.2) is 0 Å². The number of anilines is 2. The number of nitrogens with zero attached hydrogens (tertiary/aromatic N) is 1. The molecule has 1 aromatic heterocycles. The standard InChI is InChI=1S/C28H28ClN3O3S/c29-23-14-17(16-30-19-6-8-20(33)9-7-19)4-10-24(23)31-28-22-3-1-2-21(27(22)36-32-28)18-5-11-25-26(15-18)35-13-12-34-25/h1-5,10-11,14-15,19-20,30,33H,6-9,12-13,16H2,(H,31,32)/t19-,20-. The van der Waals surface area contributed by atoms with E-state index in [0.29, 0.717) is 24.3 Å². The number of fused-ring (bicyclic) bond motifs is 2. The second kappa shape index (κ2) is 10.3. The fraction of sp³-hybridized carbons (Fsp3) is 0.321. The van der Waals surface area contributed by atoms with Crippen molar-refractivity contribution in [2.45, 2.75) is 44.4 Å². The van der Waals surface area contributed by atoms with Gasteiger partial charge in [-0.15, -0.1) is 0 Å². The number of benzene rings is 3. The van der Waals surface area contributed by atoms with E-state index in [1.807, 2.05) is 24.3 Å². The molecule has 0 spiro atoms. The summed E-state index contributed by atoms with van der Waals surface area (Å²) in [7, 11) is 0. The van der Waals surface area contributed by atoms with Crippen molar-refractivity contribution in [3.05, 3.63) is 65.2 Å². The molecule has 6 rings (SSSR count). The van der Waals surface area contributed by atoms with Gasteiger partial charge in [0.25, 0.3) is 0 Å². The maximum absolute atomic E-state index is 9.70. The molecule has 0 radical (unpaired) electrons. The fourth-order valence-electron chi connectivity index (χ4n) is 4.93. The molecule has 2 aliphatic rings. The Morgan fingerprint density at radius 2 is 1.81 bits per heavy atom. The van der Waals surface area contributed by atoms with E-state index in [1.165, 1.54) is 11.5 Å². The van der Waals surface area contributed by atoms with Crippen molar-refractivity contribution in [1.29, 1.82) is 0 Å². The van der Waals surface area contributed by atoms with Gasteiger partial charge in [0.05, 0.1) is 21.5 Å². The molecule has 0 amide bonds. The van der Waals surface area contributed by atoms with Crippen LogP contribution in [-0.2, 0) is 6.54 Å². The number of aliphatic hydroxyl groups excluding tert-OH is 1. The van der Waals surface area contributed by atoms with E-state index >= 15 is 0 Å². The number of aromatic nitrogens is 1. The van der Waals surface area contributed by atoms with Crippen molar-refractivity contribution in [3.8, 4) is 22.6 Å². The minimum atomic E-state index is -0.137. The molecule has 1 aliphatic heterocycles. The molecule has 186 valence electrons. The van der Waals surface area contributed by atoms with Crippen LogP contribution in [0.3, 0.4) is 0 Å². The first-order valence-electron chi connectivity index (χ1n) is 12.4. The van der Waals surface area contributed by atoms with Gasteiger partial charge in [0.15, 0.2) is 17.3 Å². The van der Waals surface area contributed by atoms with Crippen molar-refractivity contribution in [1.82, 2.24) is 9.69 Å². The van der Waals surface area contributed by atoms with E-state index in [0.717, 1.165) is 82.0 Å². The monoisotopic (exact) mass is 521 g/mol. The summed E-state index contributed by atoms with van der Waals surface area (Å²) in [6.45, 7) is 1.91. The second-order valence-corrected chi connectivity index (χ2v) is 10.6. The van der Waals surface area contributed by atoms with Gasteiger partial charge in [-0.1, -0.05) is 35.9 Å². The molecule has 1 aliphatic carbocycles. The van der Waals surface area contributed by atoms with Gasteiger partial charge >= 0.3 is 0 Å². The summed E-state index contributed by atoms with van der Waals surface area (Å²) in [5, 5.41) is 18.4. The fourth-order valence-corrected chi connectivity index (χ4v) is 6.05. The molecule has 0 atom stereocenters. The first-order chi connectivity index (χ1) is 17.6. The van der Waals surface area contributed by atoms with Crippen molar-refractivity contribution in [2.24, 2.45) is 0 Å². The highest BCUT2D eigenvalue weighted by molar-refractivity contribution is 7.14. The van der Waals surface area contributed by atoms with Crippen molar-refractivity contribution >= 4 is 44.7 Å². The van der Waals surface area contributed by atoms with Gasteiger partial charge in [-0.2, -0.15) is 4.37 Å². The minimum absolute atomic E-state index is 0.137. The van der Waals surface area contributed by atoms with Crippen LogP contribution in [0, 0.1) is 0 Å². The highest BCUT2D eigenvalue weighted by Crippen LogP contribution is 2.40. The zero-order chi connectivity index (χ0) is 24.5. The molecule has 3 N–H and O–H groups in total. The van der Waals surface area contributed by atoms with Gasteiger partial charge in [0, 0.05) is 23.5 Å². The smallest absolute Gasteiger partial charge is 0.161 e. The van der Waals surface area contributed by atoms with Crippen LogP contribution in [0.15, 0.2) is 54.6 Å². The summed E-state index contributed by atoms with van der Waals surface area (Å²) in [6.07, 6.45) is 3.64. The summed E-state index contributed by atoms with van der Waals surface area (Å²) in [5.74, 6) is 2.36. The molecule has 2 heterocycles. The highest BCUT2D eigenvalue weighted by atomic mass is 35.5. The third-order valence-electron chi connectivity index (χ3n) is 6.93. The Labute approximate surface area is 219 Å². The summed E-state index contributed by atoms with van der Waals surface area (Å²) in [6, 6.07) is 18.9. The molecule has 0 bridgehead atoms. The normalized spacial score (nSPS) is 19.4. The van der Waals surface area contributed by atoms with E-state index in [2.05, 4.69) is 41.0 Å². The van der Waals surface area contributed by atoms with Crippen molar-refractivity contribution in [3.63, 3.8) is 0 Å². The summed E-state index contributed by atoms with van der Waals surface area (Å²) in [4.78, 5) is 0. The number of rotatable bonds is 6. The van der Waals surface area contributed by atoms with Crippen LogP contribution in [-0.4, -0.2) is 34.8 Å². The lowest BCUT2D eigenvalue weighted by atomic mass is 9.93. The average Bonchev–Trinajstić information content (AvgIpc) is 3.32. The third-order valence-corrected chi connectivity index (χ3v) is 8.14. The van der Waals surface area contributed by atoms with Gasteiger partial charge in [-0.3, -0.25) is 0 Å². The van der Waals surface area contributed by atoms with E-state index in [9.17, 15) is 5.11 Å². The topological polar surface area (TPSA) is 75.6 Å². The Morgan fingerprint density at radius 3 is 2.64 bits per heavy atom. The lowest BCUT2D eigenvalue weighted by Crippen LogP contribution is -2.34. The predicted molar refractivity (Wildman–Crippen MR) is 146 cm³/mol. The zero-order valence-corrected chi connectivity index (χ0v) is 21.4. The van der Waals surface area contributed by atoms with E-state index in [1.54, 1.807) is 0 Å². The predicted octanol–water partition coefficient (Wildman–Crippen LogP) is 6.52. The van der Waals surface area contributed by atoms with Gasteiger partial charge in [0.2, 0.25) is 0 Å².